The topological polar surface area (TPSA) is 131 Å². The van der Waals surface area contributed by atoms with Gasteiger partial charge in [0.2, 0.25) is 5.91 Å². The van der Waals surface area contributed by atoms with Crippen molar-refractivity contribution in [1.29, 1.82) is 0 Å². The number of amides is 1. The number of carbonyl (C=O) groups is 2. The minimum Gasteiger partial charge on any atom is -0.462 e. The highest BCUT2D eigenvalue weighted by atomic mass is 16.6. The van der Waals surface area contributed by atoms with Crippen molar-refractivity contribution in [3.63, 3.8) is 0 Å². The zero-order valence-electron chi connectivity index (χ0n) is 27.3. The van der Waals surface area contributed by atoms with Crippen molar-refractivity contribution < 1.29 is 29.3 Å². The number of fused-ring (bicyclic) bond motifs is 7. The number of esters is 1. The molecule has 2 aromatic carbocycles. The summed E-state index contributed by atoms with van der Waals surface area (Å²) in [6.45, 7) is 2.43. The van der Waals surface area contributed by atoms with Crippen LogP contribution in [0.2, 0.25) is 0 Å². The van der Waals surface area contributed by atoms with Crippen molar-refractivity contribution in [3.8, 4) is 0 Å². The van der Waals surface area contributed by atoms with E-state index in [-0.39, 0.29) is 43.2 Å². The number of aromatic nitrogens is 1. The summed E-state index contributed by atoms with van der Waals surface area (Å²) in [6.07, 6.45) is 8.23. The Morgan fingerprint density at radius 1 is 1.04 bits per heavy atom. The van der Waals surface area contributed by atoms with Gasteiger partial charge in [0.05, 0.1) is 25.2 Å². The molecule has 4 N–H and O–H groups in total. The van der Waals surface area contributed by atoms with Crippen molar-refractivity contribution >= 4 is 28.4 Å². The van der Waals surface area contributed by atoms with Gasteiger partial charge >= 0.3 is 5.97 Å². The molecule has 8 rings (SSSR count). The molecular formula is C37H46N4O6. The van der Waals surface area contributed by atoms with E-state index in [2.05, 4.69) is 64.7 Å². The number of aliphatic hydroxyl groups excluding tert-OH is 2. The Morgan fingerprint density at radius 2 is 1.79 bits per heavy atom. The molecule has 47 heavy (non-hydrogen) atoms. The van der Waals surface area contributed by atoms with Crippen LogP contribution in [-0.2, 0) is 25.5 Å². The summed E-state index contributed by atoms with van der Waals surface area (Å²) < 4.78 is 11.4. The first-order valence-electron chi connectivity index (χ1n) is 17.0. The summed E-state index contributed by atoms with van der Waals surface area (Å²) in [7, 11) is 4.22. The molecule has 9 atom stereocenters. The highest BCUT2D eigenvalue weighted by Gasteiger charge is 2.62. The Bertz CT molecular complexity index is 1620. The van der Waals surface area contributed by atoms with Gasteiger partial charge in [0.25, 0.3) is 0 Å². The summed E-state index contributed by atoms with van der Waals surface area (Å²) >= 11 is 0. The quantitative estimate of drug-likeness (QED) is 0.218. The fourth-order valence-corrected chi connectivity index (χ4v) is 8.24. The number of nitrogens with one attached hydrogen (secondary N) is 2. The zero-order chi connectivity index (χ0) is 32.8. The number of rotatable bonds is 8. The van der Waals surface area contributed by atoms with Crippen LogP contribution in [0.1, 0.15) is 48.8 Å². The number of morpholine rings is 1. The predicted octanol–water partition coefficient (Wildman–Crippen LogP) is 2.84. The maximum atomic E-state index is 12.7. The van der Waals surface area contributed by atoms with Gasteiger partial charge in [0.15, 0.2) is 0 Å². The largest absolute Gasteiger partial charge is 0.462 e. The molecule has 0 spiro atoms. The van der Waals surface area contributed by atoms with Crippen LogP contribution < -0.4 is 5.32 Å². The third kappa shape index (κ3) is 6.02. The molecule has 3 aromatic rings. The monoisotopic (exact) mass is 642 g/mol. The van der Waals surface area contributed by atoms with Gasteiger partial charge in [0, 0.05) is 54.6 Å². The minimum absolute atomic E-state index is 0.00532. The summed E-state index contributed by atoms with van der Waals surface area (Å²) in [5.41, 5.74) is 5.81. The number of H-pyrrole nitrogens is 1. The van der Waals surface area contributed by atoms with Crippen LogP contribution in [0, 0.1) is 5.92 Å². The van der Waals surface area contributed by atoms with Gasteiger partial charge in [-0.25, -0.2) is 0 Å². The van der Waals surface area contributed by atoms with Gasteiger partial charge in [-0.05, 0) is 55.3 Å². The molecule has 1 aromatic heterocycles. The Kier molecular flexibility index (Phi) is 8.97. The van der Waals surface area contributed by atoms with Gasteiger partial charge in [-0.2, -0.15) is 0 Å². The fraction of sp³-hybridized carbons (Fsp3) is 0.514. The average Bonchev–Trinajstić information content (AvgIpc) is 3.74. The molecule has 10 nitrogen and oxygen atoms in total. The van der Waals surface area contributed by atoms with Crippen LogP contribution in [0.4, 0.5) is 0 Å². The van der Waals surface area contributed by atoms with Crippen molar-refractivity contribution in [2.45, 2.75) is 81.0 Å². The molecule has 250 valence electrons. The molecule has 4 aliphatic heterocycles. The highest BCUT2D eigenvalue weighted by Crippen LogP contribution is 2.48. The van der Waals surface area contributed by atoms with Crippen molar-refractivity contribution in [1.82, 2.24) is 20.1 Å². The number of ether oxygens (including phenoxy) is 2. The second-order valence-electron chi connectivity index (χ2n) is 13.8. The number of piperidine rings is 1. The number of hydrogen-bond acceptors (Lipinski definition) is 8. The van der Waals surface area contributed by atoms with Gasteiger partial charge in [0.1, 0.15) is 24.2 Å². The molecule has 0 unspecified atom stereocenters. The Balaban J connectivity index is 0.000000151. The molecule has 10 heteroatoms. The molecule has 0 saturated carbocycles. The molecule has 5 heterocycles. The van der Waals surface area contributed by atoms with E-state index in [4.69, 9.17) is 9.47 Å². The first-order valence-corrected chi connectivity index (χ1v) is 17.0. The molecule has 3 fully saturated rings. The number of epoxide rings is 1. The zero-order valence-corrected chi connectivity index (χ0v) is 27.3. The maximum Gasteiger partial charge on any atom is 0.316 e. The number of aromatic amines is 1. The van der Waals surface area contributed by atoms with E-state index in [0.717, 1.165) is 36.8 Å². The first kappa shape index (κ1) is 32.0. The highest BCUT2D eigenvalue weighted by molar-refractivity contribution is 5.99. The van der Waals surface area contributed by atoms with E-state index in [1.165, 1.54) is 22.1 Å². The van der Waals surface area contributed by atoms with Gasteiger partial charge in [-0.3, -0.25) is 19.4 Å². The van der Waals surface area contributed by atoms with E-state index in [1.807, 2.05) is 37.3 Å². The van der Waals surface area contributed by atoms with Gasteiger partial charge in [-0.15, -0.1) is 0 Å². The predicted molar refractivity (Wildman–Crippen MR) is 179 cm³/mol. The number of nitrogens with zero attached hydrogens (tertiary/aromatic N) is 2. The fourth-order valence-electron chi connectivity index (χ4n) is 8.24. The molecule has 0 radical (unpaired) electrons. The Morgan fingerprint density at radius 3 is 2.47 bits per heavy atom. The number of hydrogen-bond donors (Lipinski definition) is 4. The molecule has 3 saturated heterocycles. The molecule has 1 aliphatic carbocycles. The molecule has 1 amide bonds. The lowest BCUT2D eigenvalue weighted by Gasteiger charge is -2.39. The first-order chi connectivity index (χ1) is 22.8. The van der Waals surface area contributed by atoms with E-state index >= 15 is 0 Å². The number of benzene rings is 2. The van der Waals surface area contributed by atoms with Crippen molar-refractivity contribution in [2.24, 2.45) is 5.92 Å². The average molecular weight is 643 g/mol. The van der Waals surface area contributed by atoms with Gasteiger partial charge in [-0.1, -0.05) is 55.5 Å². The summed E-state index contributed by atoms with van der Waals surface area (Å²) in [5.74, 6) is -1.10. The van der Waals surface area contributed by atoms with Crippen LogP contribution in [0.15, 0.2) is 60.8 Å². The van der Waals surface area contributed by atoms with Crippen LogP contribution >= 0.6 is 0 Å². The molecular weight excluding hydrogens is 596 g/mol. The van der Waals surface area contributed by atoms with E-state index in [1.54, 1.807) is 0 Å². The van der Waals surface area contributed by atoms with E-state index in [9.17, 15) is 19.8 Å². The smallest absolute Gasteiger partial charge is 0.316 e. The summed E-state index contributed by atoms with van der Waals surface area (Å²) in [5, 5.41) is 23.2. The third-order valence-electron chi connectivity index (χ3n) is 11.0. The minimum atomic E-state index is -0.593. The van der Waals surface area contributed by atoms with Crippen LogP contribution in [0.5, 0.6) is 0 Å². The van der Waals surface area contributed by atoms with Crippen molar-refractivity contribution in [2.75, 3.05) is 33.9 Å². The Hall–Kier alpha value is -3.54. The molecule has 5 aliphatic rings. The Labute approximate surface area is 275 Å². The normalized spacial score (nSPS) is 30.2. The van der Waals surface area contributed by atoms with E-state index < -0.39 is 5.92 Å². The lowest BCUT2D eigenvalue weighted by molar-refractivity contribution is -0.156. The van der Waals surface area contributed by atoms with E-state index in [0.29, 0.717) is 36.9 Å². The third-order valence-corrected chi connectivity index (χ3v) is 11.0. The van der Waals surface area contributed by atoms with Crippen LogP contribution in [-0.4, -0.2) is 113 Å². The lowest BCUT2D eigenvalue weighted by atomic mass is 9.80. The van der Waals surface area contributed by atoms with Crippen LogP contribution in [0.3, 0.4) is 0 Å². The van der Waals surface area contributed by atoms with Crippen molar-refractivity contribution in [3.05, 3.63) is 77.5 Å². The lowest BCUT2D eigenvalue weighted by Crippen LogP contribution is -2.48. The standard InChI is InChI=1S/C20H25N3O2.C17H21NO4/c1-3-14(11-24)22-20(25)13-7-16-15-5-4-6-17-19(15)12(9-21-17)8-18(16)23(2)10-13;1-18-13-7-11(8-14(18)16-15(13)22-16)21-17(20)12(9-19)10-5-3-2-4-6-10/h4-7,9,13-14,18,21,24H,3,8,10-11H2,1-2H3,(H,22,25);2-6,11-16,19H,7-9H2,1H3/t13-,14+,18-;11-,12-,13-,14+,15-,16+/m11/s1. The SMILES string of the molecule is CC[C@@H](CO)NC(=O)[C@@H]1C=C2c3cccc4[nH]cc(c34)C[C@H]2N(C)C1.CN1[C@@H]2C[C@@H](OC(=O)[C@H](CO)c3ccccc3)C[C@H]1[C@@H]1O[C@@H]12. The number of aliphatic hydroxyl groups is 2. The summed E-state index contributed by atoms with van der Waals surface area (Å²) in [6, 6.07) is 16.6. The second kappa shape index (κ2) is 13.2. The maximum absolute atomic E-state index is 12.7. The van der Waals surface area contributed by atoms with Crippen LogP contribution in [0.25, 0.3) is 16.5 Å². The molecule has 2 bridgehead atoms. The number of carbonyl (C=O) groups excluding carboxylic acids is 2. The van der Waals surface area contributed by atoms with Gasteiger partial charge < -0.3 is 30.0 Å². The second-order valence-corrected chi connectivity index (χ2v) is 13.8. The summed E-state index contributed by atoms with van der Waals surface area (Å²) in [4.78, 5) is 33.1. The number of likely N-dealkylation sites (N-methyl/N-ethyl adjacent to an activating group) is 2.